The third kappa shape index (κ3) is 30.8. The van der Waals surface area contributed by atoms with Gasteiger partial charge in [-0.2, -0.15) is 53.2 Å². The van der Waals surface area contributed by atoms with E-state index in [2.05, 4.69) is 420 Å². The first-order valence-corrected chi connectivity index (χ1v) is 38.8. The van der Waals surface area contributed by atoms with Gasteiger partial charge in [0.2, 0.25) is 0 Å². The predicted molar refractivity (Wildman–Crippen MR) is 456 cm³/mol. The van der Waals surface area contributed by atoms with Crippen LogP contribution in [0.4, 0.5) is 0 Å². The second kappa shape index (κ2) is 47.5. The molecule has 0 fully saturated rings. The van der Waals surface area contributed by atoms with Crippen LogP contribution in [0.3, 0.4) is 0 Å². The molecule has 0 heterocycles. The van der Waals surface area contributed by atoms with E-state index in [4.69, 9.17) is 34.6 Å². The summed E-state index contributed by atoms with van der Waals surface area (Å²) in [5, 5.41) is 5.93. The Hall–Kier alpha value is -7.02. The number of hydrogen-bond acceptors (Lipinski definition) is 2. The van der Waals surface area contributed by atoms with Crippen LogP contribution >= 0.6 is 15.8 Å². The number of hydrogen-bond donors (Lipinski definition) is 0. The molecule has 0 aliphatic rings. The molecule has 542 valence electrons. The van der Waals surface area contributed by atoms with Crippen molar-refractivity contribution < 1.29 is 57.2 Å². The Labute approximate surface area is 665 Å². The number of nitrogens with zero attached hydrogens (tertiary/aromatic N) is 2. The Kier molecular flexibility index (Phi) is 41.7. The van der Waals surface area contributed by atoms with E-state index >= 15 is 0 Å². The molecule has 0 aliphatic heterocycles. The van der Waals surface area contributed by atoms with E-state index in [1.165, 1.54) is 90.3 Å². The molecule has 12 rings (SSSR count). The van der Waals surface area contributed by atoms with E-state index in [0.29, 0.717) is 0 Å². The molecule has 0 aliphatic carbocycles. The Balaban J connectivity index is 0.000000339. The number of quaternary nitrogens is 2. The molecule has 0 atom stereocenters. The fraction of sp³-hybridized carbons (Fsp3) is 0.196. The zero-order valence-electron chi connectivity index (χ0n) is 62.7. The van der Waals surface area contributed by atoms with E-state index in [1.54, 1.807) is 0 Å². The summed E-state index contributed by atoms with van der Waals surface area (Å²) in [6.07, 6.45) is 0.0547. The van der Waals surface area contributed by atoms with Crippen LogP contribution in [0.5, 0.6) is 0 Å². The van der Waals surface area contributed by atoms with Gasteiger partial charge >= 0.3 is 22.6 Å². The van der Waals surface area contributed by atoms with E-state index < -0.39 is 12.3 Å². The van der Waals surface area contributed by atoms with Crippen LogP contribution in [0.15, 0.2) is 364 Å². The third-order valence-corrected chi connectivity index (χ3v) is 21.6. The van der Waals surface area contributed by atoms with Gasteiger partial charge in [-0.25, -0.2) is 0 Å². The van der Waals surface area contributed by atoms with E-state index in [9.17, 15) is 0 Å². The summed E-state index contributed by atoms with van der Waals surface area (Å²) in [4.78, 5) is 0. The van der Waals surface area contributed by atoms with Gasteiger partial charge < -0.3 is 34.2 Å². The molecule has 12 aromatic carbocycles. The molecule has 0 spiro atoms. The maximum Gasteiger partial charge on any atom is 0.108 e. The molecule has 0 bridgehead atoms. The van der Waals surface area contributed by atoms with Crippen LogP contribution in [0.2, 0.25) is 0 Å². The molecule has 0 unspecified atom stereocenters. The van der Waals surface area contributed by atoms with Crippen LogP contribution in [0.1, 0.15) is 41.5 Å². The van der Waals surface area contributed by atoms with Crippen molar-refractivity contribution in [1.82, 2.24) is 0 Å². The maximum absolute atomic E-state index is 7.50. The Morgan fingerprint density at radius 3 is 0.462 bits per heavy atom. The summed E-state index contributed by atoms with van der Waals surface area (Å²) in [6.45, 7) is 23.4. The van der Waals surface area contributed by atoms with Crippen molar-refractivity contribution >= 4 is 118 Å². The maximum atomic E-state index is 7.50. The van der Waals surface area contributed by atoms with Crippen molar-refractivity contribution in [3.8, 4) is 0 Å². The fourth-order valence-corrected chi connectivity index (χ4v) is 17.6. The normalized spacial score (nSPS) is 10.9. The summed E-state index contributed by atoms with van der Waals surface area (Å²) in [5.74, 6) is 0. The molecule has 2 radical (unpaired) electrons. The molecule has 12 aromatic rings. The number of rotatable bonds is 18. The largest absolute Gasteiger partial charge is 0.195 e. The van der Waals surface area contributed by atoms with Gasteiger partial charge in [-0.1, -0.05) is 406 Å². The Morgan fingerprint density at radius 1 is 0.250 bits per heavy atom. The van der Waals surface area contributed by atoms with Crippen molar-refractivity contribution in [3.05, 3.63) is 377 Å². The van der Waals surface area contributed by atoms with Crippen LogP contribution < -0.4 is 64.9 Å². The molecule has 12 heteroatoms. The zero-order valence-corrected chi connectivity index (χ0v) is 69.4. The van der Waals surface area contributed by atoms with Crippen LogP contribution in [0, 0.1) is 13.3 Å². The molecule has 0 amide bonds. The molecule has 4 nitrogen and oxygen atoms in total. The minimum atomic E-state index is -1.22. The van der Waals surface area contributed by atoms with E-state index in [1.807, 2.05) is 41.5 Å². The van der Waals surface area contributed by atoms with Gasteiger partial charge in [-0.05, 0) is 37.1 Å². The average molecular weight is 1620 g/mol. The topological polar surface area (TPSA) is 39.8 Å². The molecule has 0 saturated carbocycles. The smallest absolute Gasteiger partial charge is 0.108 e. The SMILES string of the molecule is CC(C)(C)[S-].CC(C)(C)[S-].C[N+](C)(C)CCP(c1ccccc1)c1ccccc1.C[N+](C)(C)CCP(c1ccccc1)c1ccccc1.[C-]#[O+].[C-]#[O+].[Rh].[Rh].c1ccc([B-](c2ccccc2)(c2ccccc2)c2ccccc2)cc1.c1ccc([B-](c2ccccc2)(c2ccccc2)c2ccccc2)cc1. The summed E-state index contributed by atoms with van der Waals surface area (Å²) >= 11 is 9.65. The second-order valence-electron chi connectivity index (χ2n) is 28.9. The first-order chi connectivity index (χ1) is 49.0. The van der Waals surface area contributed by atoms with E-state index in [-0.39, 0.29) is 64.3 Å². The van der Waals surface area contributed by atoms with Gasteiger partial charge in [0.15, 0.2) is 0 Å². The quantitative estimate of drug-likeness (QED) is 0.0214. The molecule has 104 heavy (non-hydrogen) atoms. The van der Waals surface area contributed by atoms with Gasteiger partial charge in [-0.15, -0.1) is 0 Å². The zero-order chi connectivity index (χ0) is 74.3. The van der Waals surface area contributed by atoms with Gasteiger partial charge in [0.25, 0.3) is 0 Å². The minimum absolute atomic E-state index is 0. The van der Waals surface area contributed by atoms with Gasteiger partial charge in [0.05, 0.1) is 55.4 Å². The van der Waals surface area contributed by atoms with Crippen LogP contribution in [0.25, 0.3) is 0 Å². The van der Waals surface area contributed by atoms with E-state index in [0.717, 1.165) is 8.97 Å². The third-order valence-electron chi connectivity index (χ3n) is 16.7. The first kappa shape index (κ1) is 91.2. The molecular formula is C92H104B2N2O2P2Rh2S2-2. The van der Waals surface area contributed by atoms with Crippen LogP contribution in [-0.4, -0.2) is 98.5 Å². The van der Waals surface area contributed by atoms with Crippen molar-refractivity contribution in [2.45, 2.75) is 51.0 Å². The monoisotopic (exact) mass is 1620 g/mol. The predicted octanol–water partition coefficient (Wildman–Crippen LogP) is 14.4. The molecular weight excluding hydrogens is 1520 g/mol. The summed E-state index contributed by atoms with van der Waals surface area (Å²) in [5.41, 5.74) is 10.7. The fourth-order valence-electron chi connectivity index (χ4n) is 12.3. The van der Waals surface area contributed by atoms with Crippen molar-refractivity contribution in [3.63, 3.8) is 0 Å². The summed E-state index contributed by atoms with van der Waals surface area (Å²) in [7, 11) is 13.1. The Bertz CT molecular complexity index is 3490. The van der Waals surface area contributed by atoms with Crippen molar-refractivity contribution in [1.29, 1.82) is 0 Å². The second-order valence-corrected chi connectivity index (χ2v) is 36.0. The van der Waals surface area contributed by atoms with Crippen molar-refractivity contribution in [2.75, 3.05) is 67.7 Å². The number of benzene rings is 12. The summed E-state index contributed by atoms with van der Waals surface area (Å²) < 4.78 is 17.2. The minimum Gasteiger partial charge on any atom is -0.195 e. The molecule has 0 N–H and O–H groups in total. The first-order valence-electron chi connectivity index (χ1n) is 34.9. The van der Waals surface area contributed by atoms with Gasteiger partial charge in [0, 0.05) is 51.3 Å². The molecule has 0 aromatic heterocycles. The average Bonchev–Trinajstić information content (AvgIpc) is 0.752. The molecule has 0 saturated heterocycles. The Morgan fingerprint density at radius 2 is 0.356 bits per heavy atom. The standard InChI is InChI=1S/2C24H20B.2C17H23NP.2C4H10S.2CO.2Rh/c2*1-5-13-21(14-6-1)25(22-15-7-2-8-16-22,23-17-9-3-10-18-23)24-19-11-4-12-20-24;2*1-18(2,3)14-15-19(16-10-6-4-7-11-16)17-12-8-5-9-13-17;2*1-4(2,3)5;2*1-2;;/h2*1-20H;2*4-13H,14-15H2,1-3H3;2*5H,1-3H3;;;;/q2*-1;2*+1;;;;;;/p-2. The van der Waals surface area contributed by atoms with Gasteiger partial charge in [0.1, 0.15) is 12.3 Å². The van der Waals surface area contributed by atoms with Gasteiger partial charge in [-0.3, -0.25) is 0 Å². The van der Waals surface area contributed by atoms with Crippen molar-refractivity contribution in [2.24, 2.45) is 0 Å². The van der Waals surface area contributed by atoms with Crippen LogP contribution in [-0.2, 0) is 73.5 Å². The summed E-state index contributed by atoms with van der Waals surface area (Å²) in [6, 6.07) is 131.